The van der Waals surface area contributed by atoms with E-state index in [4.69, 9.17) is 21.1 Å². The van der Waals surface area contributed by atoms with Crippen LogP contribution in [0.25, 0.3) is 0 Å². The number of rotatable bonds is 8. The van der Waals surface area contributed by atoms with Gasteiger partial charge in [-0.15, -0.1) is 0 Å². The van der Waals surface area contributed by atoms with Crippen molar-refractivity contribution in [2.24, 2.45) is 5.92 Å². The summed E-state index contributed by atoms with van der Waals surface area (Å²) in [6.07, 6.45) is -0.945. The Morgan fingerprint density at radius 1 is 1.24 bits per heavy atom. The molecule has 120 valence electrons. The van der Waals surface area contributed by atoms with Crippen molar-refractivity contribution in [2.75, 3.05) is 13.7 Å². The summed E-state index contributed by atoms with van der Waals surface area (Å²) in [5.74, 6) is 1.65. The highest BCUT2D eigenvalue weighted by atomic mass is 35.5. The summed E-state index contributed by atoms with van der Waals surface area (Å²) in [6.45, 7) is 9.45. The maximum Gasteiger partial charge on any atom is 0.180 e. The van der Waals surface area contributed by atoms with E-state index in [0.717, 1.165) is 18.7 Å². The van der Waals surface area contributed by atoms with E-state index in [2.05, 4.69) is 19.2 Å². The largest absolute Gasteiger partial charge is 0.493 e. The maximum atomic E-state index is 9.54. The standard InChI is InChI=1S/C16H26ClNO3/c1-10(2)8-18-9-13-6-14(17)16(15(7-13)20-5)21-12(4)11(3)19/h6-7,10-12,18-19H,8-9H2,1-5H3. The summed E-state index contributed by atoms with van der Waals surface area (Å²) >= 11 is 6.29. The monoisotopic (exact) mass is 315 g/mol. The van der Waals surface area contributed by atoms with Gasteiger partial charge in [0.2, 0.25) is 0 Å². The average molecular weight is 316 g/mol. The molecule has 0 amide bonds. The molecule has 1 aromatic carbocycles. The van der Waals surface area contributed by atoms with E-state index in [1.807, 2.05) is 12.1 Å². The van der Waals surface area contributed by atoms with Crippen LogP contribution in [0.3, 0.4) is 0 Å². The predicted octanol–water partition coefficient (Wildman–Crippen LogP) is 3.24. The fourth-order valence-electron chi connectivity index (χ4n) is 1.78. The minimum Gasteiger partial charge on any atom is -0.493 e. The van der Waals surface area contributed by atoms with Gasteiger partial charge in [-0.2, -0.15) is 0 Å². The number of halogens is 1. The third kappa shape index (κ3) is 5.73. The summed E-state index contributed by atoms with van der Waals surface area (Å²) in [4.78, 5) is 0. The van der Waals surface area contributed by atoms with Crippen LogP contribution in [-0.2, 0) is 6.54 Å². The van der Waals surface area contributed by atoms with Crippen LogP contribution < -0.4 is 14.8 Å². The molecule has 0 radical (unpaired) electrons. The van der Waals surface area contributed by atoms with Crippen molar-refractivity contribution in [2.45, 2.75) is 46.4 Å². The first-order chi connectivity index (χ1) is 9.85. The lowest BCUT2D eigenvalue weighted by Crippen LogP contribution is -2.26. The quantitative estimate of drug-likeness (QED) is 0.773. The van der Waals surface area contributed by atoms with E-state index in [1.54, 1.807) is 21.0 Å². The molecule has 4 nitrogen and oxygen atoms in total. The Labute approximate surface area is 132 Å². The van der Waals surface area contributed by atoms with E-state index in [-0.39, 0.29) is 6.10 Å². The zero-order valence-electron chi connectivity index (χ0n) is 13.4. The molecular weight excluding hydrogens is 290 g/mol. The lowest BCUT2D eigenvalue weighted by molar-refractivity contribution is 0.0587. The minimum absolute atomic E-state index is 0.360. The Hall–Kier alpha value is -0.970. The highest BCUT2D eigenvalue weighted by molar-refractivity contribution is 6.32. The second-order valence-corrected chi connectivity index (χ2v) is 6.10. The van der Waals surface area contributed by atoms with Gasteiger partial charge in [0.1, 0.15) is 6.10 Å². The van der Waals surface area contributed by atoms with E-state index >= 15 is 0 Å². The Morgan fingerprint density at radius 3 is 2.43 bits per heavy atom. The molecule has 2 N–H and O–H groups in total. The molecule has 1 rings (SSSR count). The molecule has 0 spiro atoms. The van der Waals surface area contributed by atoms with Crippen molar-refractivity contribution in [3.05, 3.63) is 22.7 Å². The molecule has 0 aliphatic carbocycles. The molecule has 0 heterocycles. The van der Waals surface area contributed by atoms with Crippen LogP contribution in [0.2, 0.25) is 5.02 Å². The Balaban J connectivity index is 2.86. The number of hydrogen-bond donors (Lipinski definition) is 2. The van der Waals surface area contributed by atoms with Gasteiger partial charge in [-0.3, -0.25) is 0 Å². The lowest BCUT2D eigenvalue weighted by atomic mass is 10.1. The molecule has 0 saturated carbocycles. The van der Waals surface area contributed by atoms with Gasteiger partial charge < -0.3 is 19.9 Å². The smallest absolute Gasteiger partial charge is 0.180 e. The summed E-state index contributed by atoms with van der Waals surface area (Å²) in [6, 6.07) is 3.77. The molecule has 0 fully saturated rings. The van der Waals surface area contributed by atoms with Crippen molar-refractivity contribution < 1.29 is 14.6 Å². The van der Waals surface area contributed by atoms with E-state index in [0.29, 0.717) is 22.4 Å². The maximum absolute atomic E-state index is 9.54. The van der Waals surface area contributed by atoms with Gasteiger partial charge in [0, 0.05) is 6.54 Å². The Morgan fingerprint density at radius 2 is 1.90 bits per heavy atom. The van der Waals surface area contributed by atoms with E-state index in [9.17, 15) is 5.11 Å². The van der Waals surface area contributed by atoms with Gasteiger partial charge >= 0.3 is 0 Å². The number of aliphatic hydroxyl groups is 1. The first-order valence-corrected chi connectivity index (χ1v) is 7.64. The molecule has 2 unspecified atom stereocenters. The van der Waals surface area contributed by atoms with Gasteiger partial charge in [0.15, 0.2) is 11.5 Å². The van der Waals surface area contributed by atoms with E-state index in [1.165, 1.54) is 0 Å². The SMILES string of the molecule is COc1cc(CNCC(C)C)cc(Cl)c1OC(C)C(C)O. The van der Waals surface area contributed by atoms with Crippen LogP contribution in [-0.4, -0.2) is 31.0 Å². The van der Waals surface area contributed by atoms with Gasteiger partial charge in [0.05, 0.1) is 18.2 Å². The van der Waals surface area contributed by atoms with Gasteiger partial charge in [-0.1, -0.05) is 25.4 Å². The van der Waals surface area contributed by atoms with Gasteiger partial charge in [-0.05, 0) is 44.0 Å². The van der Waals surface area contributed by atoms with Crippen LogP contribution in [0.1, 0.15) is 33.3 Å². The Bertz CT molecular complexity index is 449. The molecule has 5 heteroatoms. The fourth-order valence-corrected chi connectivity index (χ4v) is 2.06. The number of nitrogens with one attached hydrogen (secondary N) is 1. The molecular formula is C16H26ClNO3. The van der Waals surface area contributed by atoms with Crippen molar-refractivity contribution >= 4 is 11.6 Å². The van der Waals surface area contributed by atoms with Crippen LogP contribution in [0.4, 0.5) is 0 Å². The minimum atomic E-state index is -0.585. The third-order valence-electron chi connectivity index (χ3n) is 3.15. The molecule has 0 aliphatic rings. The number of hydrogen-bond acceptors (Lipinski definition) is 4. The normalized spacial score (nSPS) is 14.1. The number of methoxy groups -OCH3 is 1. The van der Waals surface area contributed by atoms with Gasteiger partial charge in [0.25, 0.3) is 0 Å². The molecule has 0 aromatic heterocycles. The molecule has 2 atom stereocenters. The van der Waals surface area contributed by atoms with E-state index < -0.39 is 6.10 Å². The average Bonchev–Trinajstić information content (AvgIpc) is 2.40. The highest BCUT2D eigenvalue weighted by Crippen LogP contribution is 2.37. The zero-order valence-corrected chi connectivity index (χ0v) is 14.2. The van der Waals surface area contributed by atoms with Crippen LogP contribution >= 0.6 is 11.6 Å². The third-order valence-corrected chi connectivity index (χ3v) is 3.43. The summed E-state index contributed by atoms with van der Waals surface area (Å²) < 4.78 is 11.1. The second-order valence-electron chi connectivity index (χ2n) is 5.70. The van der Waals surface area contributed by atoms with Crippen LogP contribution in [0, 0.1) is 5.92 Å². The summed E-state index contributed by atoms with van der Waals surface area (Å²) in [7, 11) is 1.58. The van der Waals surface area contributed by atoms with Crippen molar-refractivity contribution in [3.63, 3.8) is 0 Å². The number of aliphatic hydroxyl groups excluding tert-OH is 1. The topological polar surface area (TPSA) is 50.7 Å². The molecule has 1 aromatic rings. The molecule has 0 bridgehead atoms. The highest BCUT2D eigenvalue weighted by Gasteiger charge is 2.17. The zero-order chi connectivity index (χ0) is 16.0. The fraction of sp³-hybridized carbons (Fsp3) is 0.625. The predicted molar refractivity (Wildman–Crippen MR) is 86.3 cm³/mol. The summed E-state index contributed by atoms with van der Waals surface area (Å²) in [5.41, 5.74) is 1.04. The second kappa shape index (κ2) is 8.47. The van der Waals surface area contributed by atoms with Crippen LogP contribution in [0.15, 0.2) is 12.1 Å². The lowest BCUT2D eigenvalue weighted by Gasteiger charge is -2.20. The van der Waals surface area contributed by atoms with Crippen molar-refractivity contribution in [3.8, 4) is 11.5 Å². The van der Waals surface area contributed by atoms with Crippen LogP contribution in [0.5, 0.6) is 11.5 Å². The van der Waals surface area contributed by atoms with Crippen molar-refractivity contribution in [1.82, 2.24) is 5.32 Å². The number of ether oxygens (including phenoxy) is 2. The first kappa shape index (κ1) is 18.1. The Kier molecular flexibility index (Phi) is 7.29. The van der Waals surface area contributed by atoms with Gasteiger partial charge in [-0.25, -0.2) is 0 Å². The molecule has 21 heavy (non-hydrogen) atoms. The molecule has 0 aliphatic heterocycles. The first-order valence-electron chi connectivity index (χ1n) is 7.27. The van der Waals surface area contributed by atoms with Crippen molar-refractivity contribution in [1.29, 1.82) is 0 Å². The molecule has 0 saturated heterocycles. The number of benzene rings is 1. The summed E-state index contributed by atoms with van der Waals surface area (Å²) in [5, 5.41) is 13.4.